The van der Waals surface area contributed by atoms with E-state index in [9.17, 15) is 9.59 Å². The summed E-state index contributed by atoms with van der Waals surface area (Å²) < 4.78 is 11.5. The van der Waals surface area contributed by atoms with E-state index in [4.69, 9.17) is 9.47 Å². The van der Waals surface area contributed by atoms with Gasteiger partial charge in [-0.15, -0.1) is 0 Å². The van der Waals surface area contributed by atoms with Crippen molar-refractivity contribution in [1.82, 2.24) is 4.90 Å². The molecule has 1 rings (SSSR count). The van der Waals surface area contributed by atoms with Gasteiger partial charge in [0, 0.05) is 25.1 Å². The van der Waals surface area contributed by atoms with Crippen LogP contribution in [0.3, 0.4) is 0 Å². The fourth-order valence-electron chi connectivity index (χ4n) is 5.93. The number of likely N-dealkylation sites (tertiary alicyclic amines) is 1. The Balaban J connectivity index is 2.08. The van der Waals surface area contributed by atoms with Crippen LogP contribution in [0.25, 0.3) is 0 Å². The average molecular weight is 598 g/mol. The van der Waals surface area contributed by atoms with Crippen LogP contribution in [-0.4, -0.2) is 54.9 Å². The molecule has 5 nitrogen and oxygen atoms in total. The number of thiol groups is 1. The number of hydrogen-bond acceptors (Lipinski definition) is 6. The van der Waals surface area contributed by atoms with Crippen molar-refractivity contribution in [2.75, 3.05) is 32.0 Å². The van der Waals surface area contributed by atoms with Gasteiger partial charge >= 0.3 is 11.9 Å². The predicted octanol–water partition coefficient (Wildman–Crippen LogP) is 9.71. The summed E-state index contributed by atoms with van der Waals surface area (Å²) in [6.45, 7) is 8.45. The van der Waals surface area contributed by atoms with Gasteiger partial charge in [0.05, 0.1) is 6.61 Å². The number of piperidine rings is 1. The second-order valence-electron chi connectivity index (χ2n) is 12.5. The highest BCUT2D eigenvalue weighted by molar-refractivity contribution is 7.80. The summed E-state index contributed by atoms with van der Waals surface area (Å²) >= 11 is 4.32. The van der Waals surface area contributed by atoms with Crippen molar-refractivity contribution in [2.24, 2.45) is 5.92 Å². The number of hydrogen-bond donors (Lipinski definition) is 1. The van der Waals surface area contributed by atoms with Crippen molar-refractivity contribution in [2.45, 2.75) is 174 Å². The van der Waals surface area contributed by atoms with E-state index in [0.717, 1.165) is 76.8 Å². The minimum absolute atomic E-state index is 0.0112. The van der Waals surface area contributed by atoms with Crippen LogP contribution in [-0.2, 0) is 19.1 Å². The molecule has 0 bridgehead atoms. The number of carbonyl (C=O) groups excluding carboxylic acids is 2. The minimum atomic E-state index is -0.0529. The van der Waals surface area contributed by atoms with Crippen molar-refractivity contribution in [3.05, 3.63) is 0 Å². The van der Waals surface area contributed by atoms with Gasteiger partial charge < -0.3 is 14.4 Å². The molecule has 242 valence electrons. The lowest BCUT2D eigenvalue weighted by atomic mass is 9.94. The zero-order valence-corrected chi connectivity index (χ0v) is 28.1. The molecule has 0 aliphatic carbocycles. The number of nitrogens with zero attached hydrogens (tertiary/aromatic N) is 1. The first-order valence-electron chi connectivity index (χ1n) is 17.8. The van der Waals surface area contributed by atoms with E-state index in [2.05, 4.69) is 31.4 Å². The molecule has 0 unspecified atom stereocenters. The molecule has 0 saturated carbocycles. The zero-order chi connectivity index (χ0) is 29.8. The summed E-state index contributed by atoms with van der Waals surface area (Å²) in [4.78, 5) is 27.1. The molecule has 41 heavy (non-hydrogen) atoms. The third-order valence-electron chi connectivity index (χ3n) is 8.73. The number of rotatable bonds is 28. The predicted molar refractivity (Wildman–Crippen MR) is 177 cm³/mol. The lowest BCUT2D eigenvalue weighted by Crippen LogP contribution is -2.35. The average Bonchev–Trinajstić information content (AvgIpc) is 2.97. The Morgan fingerprint density at radius 2 is 1.20 bits per heavy atom. The minimum Gasteiger partial charge on any atom is -0.466 e. The maximum atomic E-state index is 12.6. The van der Waals surface area contributed by atoms with Crippen molar-refractivity contribution in [3.8, 4) is 0 Å². The molecule has 1 aliphatic heterocycles. The second-order valence-corrected chi connectivity index (χ2v) is 13.0. The van der Waals surface area contributed by atoms with Gasteiger partial charge in [-0.1, -0.05) is 97.3 Å². The third-order valence-corrected chi connectivity index (χ3v) is 8.93. The first kappa shape index (κ1) is 38.3. The van der Waals surface area contributed by atoms with E-state index in [-0.39, 0.29) is 18.0 Å². The lowest BCUT2D eigenvalue weighted by Gasteiger charge is -2.31. The molecule has 0 aromatic carbocycles. The van der Waals surface area contributed by atoms with Crippen LogP contribution in [0.2, 0.25) is 0 Å². The van der Waals surface area contributed by atoms with Gasteiger partial charge in [-0.3, -0.25) is 9.59 Å². The molecule has 0 atom stereocenters. The lowest BCUT2D eigenvalue weighted by molar-refractivity contribution is -0.150. The summed E-state index contributed by atoms with van der Waals surface area (Å²) in [7, 11) is 0. The van der Waals surface area contributed by atoms with Crippen LogP contribution in [0.5, 0.6) is 0 Å². The number of ether oxygens (including phenoxy) is 2. The topological polar surface area (TPSA) is 55.8 Å². The summed E-state index contributed by atoms with van der Waals surface area (Å²) in [5.74, 6) is 1.55. The molecule has 1 aliphatic rings. The summed E-state index contributed by atoms with van der Waals surface area (Å²) in [6.07, 6.45) is 26.8. The Morgan fingerprint density at radius 1 is 0.707 bits per heavy atom. The molecule has 0 radical (unpaired) electrons. The zero-order valence-electron chi connectivity index (χ0n) is 27.2. The first-order valence-corrected chi connectivity index (χ1v) is 18.4. The van der Waals surface area contributed by atoms with Crippen LogP contribution in [0.4, 0.5) is 0 Å². The van der Waals surface area contributed by atoms with Crippen LogP contribution in [0.15, 0.2) is 0 Å². The fourth-order valence-corrected chi connectivity index (χ4v) is 6.22. The molecule has 1 heterocycles. The second kappa shape index (κ2) is 28.0. The monoisotopic (exact) mass is 597 g/mol. The van der Waals surface area contributed by atoms with Gasteiger partial charge in [-0.2, -0.15) is 12.6 Å². The van der Waals surface area contributed by atoms with Crippen molar-refractivity contribution in [1.29, 1.82) is 0 Å². The number of esters is 2. The van der Waals surface area contributed by atoms with Crippen molar-refractivity contribution >= 4 is 24.6 Å². The van der Waals surface area contributed by atoms with Gasteiger partial charge in [0.25, 0.3) is 0 Å². The Kier molecular flexibility index (Phi) is 26.2. The fraction of sp³-hybridized carbons (Fsp3) is 0.943. The maximum Gasteiger partial charge on any atom is 0.306 e. The summed E-state index contributed by atoms with van der Waals surface area (Å²) in [6, 6.07) is 0. The maximum absolute atomic E-state index is 12.6. The van der Waals surface area contributed by atoms with E-state index >= 15 is 0 Å². The number of carbonyl (C=O) groups is 2. The highest BCUT2D eigenvalue weighted by Crippen LogP contribution is 2.21. The quantitative estimate of drug-likeness (QED) is 0.0553. The Morgan fingerprint density at radius 3 is 1.73 bits per heavy atom. The highest BCUT2D eigenvalue weighted by Gasteiger charge is 2.19. The van der Waals surface area contributed by atoms with Crippen molar-refractivity contribution < 1.29 is 19.1 Å². The summed E-state index contributed by atoms with van der Waals surface area (Å²) in [5, 5.41) is 0. The summed E-state index contributed by atoms with van der Waals surface area (Å²) in [5.41, 5.74) is 0. The van der Waals surface area contributed by atoms with E-state index < -0.39 is 0 Å². The largest absolute Gasteiger partial charge is 0.466 e. The standard InChI is InChI=1S/C35H67NO4S/c1-3-5-7-9-12-16-20-33(21-17-13-10-8-6-4-2)40-35(38)23-19-15-11-14-18-22-34(37)39-30-26-32-24-27-36(28-25-32)29-31-41/h32-33,41H,3-31H2,1-2H3. The molecule has 6 heteroatoms. The van der Waals surface area contributed by atoms with Crippen LogP contribution < -0.4 is 0 Å². The first-order chi connectivity index (χ1) is 20.1. The Hall–Kier alpha value is -0.750. The Labute approximate surface area is 260 Å². The van der Waals surface area contributed by atoms with Gasteiger partial charge in [-0.25, -0.2) is 0 Å². The van der Waals surface area contributed by atoms with E-state index in [1.165, 1.54) is 89.9 Å². The molecule has 0 N–H and O–H groups in total. The van der Waals surface area contributed by atoms with Gasteiger partial charge in [0.1, 0.15) is 6.10 Å². The molecule has 0 aromatic heterocycles. The molecule has 0 aromatic rings. The van der Waals surface area contributed by atoms with Gasteiger partial charge in [0.2, 0.25) is 0 Å². The smallest absolute Gasteiger partial charge is 0.306 e. The normalized spacial score (nSPS) is 14.5. The van der Waals surface area contributed by atoms with Crippen LogP contribution >= 0.6 is 12.6 Å². The third kappa shape index (κ3) is 23.4. The molecular weight excluding hydrogens is 530 g/mol. The van der Waals surface area contributed by atoms with Gasteiger partial charge in [0.15, 0.2) is 0 Å². The van der Waals surface area contributed by atoms with Crippen LogP contribution in [0.1, 0.15) is 168 Å². The molecule has 1 fully saturated rings. The molecule has 1 saturated heterocycles. The molecule has 0 amide bonds. The SMILES string of the molecule is CCCCCCCCC(CCCCCCCC)OC(=O)CCCCCCCC(=O)OCCC1CCN(CCS)CC1. The Bertz CT molecular complexity index is 593. The number of unbranched alkanes of at least 4 members (excludes halogenated alkanes) is 14. The molecule has 0 spiro atoms. The van der Waals surface area contributed by atoms with E-state index in [1.54, 1.807) is 0 Å². The van der Waals surface area contributed by atoms with E-state index in [0.29, 0.717) is 25.4 Å². The highest BCUT2D eigenvalue weighted by atomic mass is 32.1. The van der Waals surface area contributed by atoms with E-state index in [1.807, 2.05) is 0 Å². The molecular formula is C35H67NO4S. The van der Waals surface area contributed by atoms with Crippen LogP contribution in [0, 0.1) is 5.92 Å². The van der Waals surface area contributed by atoms with Crippen molar-refractivity contribution in [3.63, 3.8) is 0 Å². The van der Waals surface area contributed by atoms with Gasteiger partial charge in [-0.05, 0) is 76.8 Å².